The van der Waals surface area contributed by atoms with Crippen molar-refractivity contribution in [2.45, 2.75) is 37.7 Å². The first kappa shape index (κ1) is 17.3. The zero-order chi connectivity index (χ0) is 17.3. The molecule has 1 spiro atoms. The maximum absolute atomic E-state index is 12.5. The number of amides is 1. The number of nitrogens with zero attached hydrogens (tertiary/aromatic N) is 1. The van der Waals surface area contributed by atoms with E-state index < -0.39 is 0 Å². The molecule has 4 nitrogen and oxygen atoms in total. The van der Waals surface area contributed by atoms with E-state index in [4.69, 9.17) is 21.1 Å². The third kappa shape index (κ3) is 3.86. The number of carbonyl (C=O) groups is 1. The van der Waals surface area contributed by atoms with Gasteiger partial charge in [-0.25, -0.2) is 0 Å². The summed E-state index contributed by atoms with van der Waals surface area (Å²) in [6, 6.07) is 7.73. The van der Waals surface area contributed by atoms with Gasteiger partial charge in [-0.05, 0) is 43.2 Å². The largest absolute Gasteiger partial charge is 0.381 e. The van der Waals surface area contributed by atoms with E-state index in [1.54, 1.807) is 0 Å². The van der Waals surface area contributed by atoms with Gasteiger partial charge in [-0.15, -0.1) is 0 Å². The van der Waals surface area contributed by atoms with Gasteiger partial charge >= 0.3 is 0 Å². The van der Waals surface area contributed by atoms with Crippen molar-refractivity contribution < 1.29 is 14.3 Å². The zero-order valence-corrected chi connectivity index (χ0v) is 15.3. The zero-order valence-electron chi connectivity index (χ0n) is 14.6. The first-order chi connectivity index (χ1) is 12.2. The van der Waals surface area contributed by atoms with E-state index in [2.05, 4.69) is 0 Å². The van der Waals surface area contributed by atoms with Gasteiger partial charge < -0.3 is 14.4 Å². The number of carbonyl (C=O) groups excluding carboxylic acids is 1. The third-order valence-electron chi connectivity index (χ3n) is 5.81. The lowest BCUT2D eigenvalue weighted by Gasteiger charge is -2.50. The summed E-state index contributed by atoms with van der Waals surface area (Å²) in [6.45, 7) is 3.89. The minimum absolute atomic E-state index is 0.149. The molecule has 2 aliphatic heterocycles. The molecule has 25 heavy (non-hydrogen) atoms. The highest BCUT2D eigenvalue weighted by Crippen LogP contribution is 2.41. The van der Waals surface area contributed by atoms with Gasteiger partial charge in [0.2, 0.25) is 5.91 Å². The number of aryl methyl sites for hydroxylation is 1. The summed E-state index contributed by atoms with van der Waals surface area (Å²) in [5, 5.41) is 0.738. The average Bonchev–Trinajstić information content (AvgIpc) is 3.30. The fraction of sp³-hybridized carbons (Fsp3) is 0.650. The second kappa shape index (κ2) is 7.26. The highest BCUT2D eigenvalue weighted by molar-refractivity contribution is 6.31. The van der Waals surface area contributed by atoms with Crippen LogP contribution in [0, 0.1) is 11.8 Å². The first-order valence-corrected chi connectivity index (χ1v) is 9.77. The molecule has 1 saturated carbocycles. The van der Waals surface area contributed by atoms with Crippen LogP contribution in [0.5, 0.6) is 0 Å². The number of halogens is 1. The Labute approximate surface area is 154 Å². The number of hydrogen-bond donors (Lipinski definition) is 0. The van der Waals surface area contributed by atoms with Crippen molar-refractivity contribution in [3.63, 3.8) is 0 Å². The van der Waals surface area contributed by atoms with Crippen molar-refractivity contribution >= 4 is 17.5 Å². The Bertz CT molecular complexity index is 625. The molecule has 0 bridgehead atoms. The molecule has 0 N–H and O–H groups in total. The van der Waals surface area contributed by atoms with Gasteiger partial charge in [-0.1, -0.05) is 29.8 Å². The minimum Gasteiger partial charge on any atom is -0.381 e. The molecule has 1 aromatic rings. The van der Waals surface area contributed by atoms with Crippen molar-refractivity contribution in [3.8, 4) is 0 Å². The Hall–Kier alpha value is -1.10. The van der Waals surface area contributed by atoms with Crippen molar-refractivity contribution in [2.75, 3.05) is 32.9 Å². The van der Waals surface area contributed by atoms with Crippen LogP contribution in [0.4, 0.5) is 0 Å². The Morgan fingerprint density at radius 2 is 2.04 bits per heavy atom. The van der Waals surface area contributed by atoms with Gasteiger partial charge in [0.25, 0.3) is 0 Å². The van der Waals surface area contributed by atoms with Crippen molar-refractivity contribution in [1.82, 2.24) is 4.90 Å². The monoisotopic (exact) mass is 363 g/mol. The van der Waals surface area contributed by atoms with Crippen LogP contribution >= 0.6 is 11.6 Å². The number of hydrogen-bond acceptors (Lipinski definition) is 3. The number of ether oxygens (including phenoxy) is 2. The number of likely N-dealkylation sites (tertiary alicyclic amines) is 1. The summed E-state index contributed by atoms with van der Waals surface area (Å²) in [5.74, 6) is 1.42. The summed E-state index contributed by atoms with van der Waals surface area (Å²) in [4.78, 5) is 14.4. The van der Waals surface area contributed by atoms with Crippen molar-refractivity contribution in [2.24, 2.45) is 11.8 Å². The van der Waals surface area contributed by atoms with Crippen LogP contribution in [-0.2, 0) is 20.7 Å². The topological polar surface area (TPSA) is 38.8 Å². The van der Waals surface area contributed by atoms with Crippen LogP contribution in [0.1, 0.15) is 31.2 Å². The summed E-state index contributed by atoms with van der Waals surface area (Å²) in [7, 11) is 0. The predicted molar refractivity (Wildman–Crippen MR) is 96.7 cm³/mol. The number of benzene rings is 1. The van der Waals surface area contributed by atoms with E-state index in [1.165, 1.54) is 12.8 Å². The van der Waals surface area contributed by atoms with Crippen molar-refractivity contribution in [1.29, 1.82) is 0 Å². The Balaban J connectivity index is 1.24. The van der Waals surface area contributed by atoms with Gasteiger partial charge in [0, 0.05) is 30.6 Å². The van der Waals surface area contributed by atoms with Gasteiger partial charge in [0.15, 0.2) is 0 Å². The van der Waals surface area contributed by atoms with E-state index in [0.29, 0.717) is 31.8 Å². The van der Waals surface area contributed by atoms with Crippen LogP contribution < -0.4 is 0 Å². The molecule has 3 fully saturated rings. The Morgan fingerprint density at radius 1 is 1.24 bits per heavy atom. The second-order valence-corrected chi connectivity index (χ2v) is 8.13. The normalized spacial score (nSPS) is 24.5. The van der Waals surface area contributed by atoms with E-state index >= 15 is 0 Å². The van der Waals surface area contributed by atoms with Crippen LogP contribution in [0.3, 0.4) is 0 Å². The molecular formula is C20H26ClNO3. The molecule has 3 aliphatic rings. The van der Waals surface area contributed by atoms with Gasteiger partial charge in [0.1, 0.15) is 5.60 Å². The summed E-state index contributed by atoms with van der Waals surface area (Å²) in [6.07, 6.45) is 4.88. The second-order valence-electron chi connectivity index (χ2n) is 7.72. The molecule has 0 unspecified atom stereocenters. The molecule has 1 aliphatic carbocycles. The molecule has 5 heteroatoms. The van der Waals surface area contributed by atoms with Crippen LogP contribution in [0.2, 0.25) is 5.02 Å². The van der Waals surface area contributed by atoms with Crippen molar-refractivity contribution in [3.05, 3.63) is 34.9 Å². The summed E-state index contributed by atoms with van der Waals surface area (Å²) < 4.78 is 11.9. The highest BCUT2D eigenvalue weighted by Gasteiger charge is 2.54. The quantitative estimate of drug-likeness (QED) is 0.746. The molecular weight excluding hydrogens is 338 g/mol. The fourth-order valence-electron chi connectivity index (χ4n) is 3.91. The SMILES string of the molecule is O=C(CCc1ccccc1Cl)N1CC2(C1)OCC[C@H]2COCC1CC1. The Kier molecular flexibility index (Phi) is 5.03. The van der Waals surface area contributed by atoms with E-state index in [9.17, 15) is 4.79 Å². The van der Waals surface area contributed by atoms with E-state index in [1.807, 2.05) is 29.2 Å². The lowest BCUT2D eigenvalue weighted by molar-refractivity contribution is -0.168. The molecule has 2 saturated heterocycles. The molecule has 1 amide bonds. The third-order valence-corrected chi connectivity index (χ3v) is 6.17. The summed E-state index contributed by atoms with van der Waals surface area (Å²) in [5.41, 5.74) is 0.889. The minimum atomic E-state index is -0.149. The molecule has 4 rings (SSSR count). The van der Waals surface area contributed by atoms with Gasteiger partial charge in [-0.3, -0.25) is 4.79 Å². The maximum Gasteiger partial charge on any atom is 0.223 e. The predicted octanol–water partition coefficient (Wildman–Crippen LogP) is 3.32. The lowest BCUT2D eigenvalue weighted by atomic mass is 9.81. The number of rotatable bonds is 7. The average molecular weight is 364 g/mol. The molecule has 136 valence electrons. The van der Waals surface area contributed by atoms with Gasteiger partial charge in [-0.2, -0.15) is 0 Å². The highest BCUT2D eigenvalue weighted by atomic mass is 35.5. The fourth-order valence-corrected chi connectivity index (χ4v) is 4.14. The summed E-state index contributed by atoms with van der Waals surface area (Å²) >= 11 is 6.17. The maximum atomic E-state index is 12.5. The first-order valence-electron chi connectivity index (χ1n) is 9.39. The Morgan fingerprint density at radius 3 is 2.80 bits per heavy atom. The van der Waals surface area contributed by atoms with E-state index in [-0.39, 0.29) is 11.5 Å². The van der Waals surface area contributed by atoms with Gasteiger partial charge in [0.05, 0.1) is 19.7 Å². The standard InChI is InChI=1S/C20H26ClNO3/c21-18-4-2-1-3-16(18)7-8-19(23)22-13-20(14-22)17(9-10-25-20)12-24-11-15-5-6-15/h1-4,15,17H,5-14H2/t17-/m0/s1. The molecule has 1 atom stereocenters. The molecule has 1 aromatic carbocycles. The molecule has 0 aromatic heterocycles. The van der Waals surface area contributed by atoms with Crippen LogP contribution in [-0.4, -0.2) is 49.3 Å². The molecule has 0 radical (unpaired) electrons. The van der Waals surface area contributed by atoms with E-state index in [0.717, 1.165) is 42.7 Å². The lowest BCUT2D eigenvalue weighted by Crippen LogP contribution is -2.66. The van der Waals surface area contributed by atoms with Crippen LogP contribution in [0.15, 0.2) is 24.3 Å². The molecule has 2 heterocycles. The van der Waals surface area contributed by atoms with Crippen LogP contribution in [0.25, 0.3) is 0 Å². The smallest absolute Gasteiger partial charge is 0.223 e.